The second-order valence-electron chi connectivity index (χ2n) is 17.5. The summed E-state index contributed by atoms with van der Waals surface area (Å²) in [6, 6.07) is 4.84. The number of methoxy groups -OCH3 is 1. The number of hydrogen-bond acceptors (Lipinski definition) is 10. The van der Waals surface area contributed by atoms with Crippen molar-refractivity contribution in [3.8, 4) is 11.5 Å². The van der Waals surface area contributed by atoms with Crippen LogP contribution >= 0.6 is 0 Å². The van der Waals surface area contributed by atoms with E-state index in [-0.39, 0.29) is 49.7 Å². The van der Waals surface area contributed by atoms with Gasteiger partial charge in [0.2, 0.25) is 21.8 Å². The van der Waals surface area contributed by atoms with E-state index in [4.69, 9.17) is 24.9 Å². The maximum Gasteiger partial charge on any atom is 0.404 e. The average Bonchev–Trinajstić information content (AvgIpc) is 4.07. The number of sulfonamides is 1. The molecule has 1 saturated heterocycles. The summed E-state index contributed by atoms with van der Waals surface area (Å²) in [6.45, 7) is 12.2. The quantitative estimate of drug-likeness (QED) is 0.156. The highest BCUT2D eigenvalue weighted by Crippen LogP contribution is 2.48. The number of primary amides is 1. The minimum atomic E-state index is -3.86. The van der Waals surface area contributed by atoms with E-state index < -0.39 is 56.3 Å². The molecule has 1 aromatic heterocycles. The van der Waals surface area contributed by atoms with Gasteiger partial charge in [-0.3, -0.25) is 19.1 Å². The van der Waals surface area contributed by atoms with Crippen LogP contribution in [-0.4, -0.2) is 84.8 Å². The summed E-state index contributed by atoms with van der Waals surface area (Å²) in [7, 11) is -2.24. The van der Waals surface area contributed by atoms with Crippen LogP contribution in [0.4, 0.5) is 4.79 Å². The van der Waals surface area contributed by atoms with Gasteiger partial charge >= 0.3 is 6.09 Å². The second-order valence-corrected chi connectivity index (χ2v) is 19.5. The van der Waals surface area contributed by atoms with Gasteiger partial charge < -0.3 is 30.2 Å². The maximum atomic E-state index is 14.4. The molecule has 1 spiro atoms. The van der Waals surface area contributed by atoms with E-state index in [9.17, 15) is 27.6 Å². The molecular weight excluding hydrogens is 739 g/mol. The smallest absolute Gasteiger partial charge is 0.404 e. The van der Waals surface area contributed by atoms with Crippen LogP contribution in [0.25, 0.3) is 10.9 Å². The highest BCUT2D eigenvalue weighted by Gasteiger charge is 2.62. The number of carbonyl (C=O) groups is 4. The highest BCUT2D eigenvalue weighted by molar-refractivity contribution is 7.91. The molecule has 2 aliphatic carbocycles. The summed E-state index contributed by atoms with van der Waals surface area (Å²) < 4.78 is 45.2. The molecule has 5 unspecified atom stereocenters. The zero-order valence-electron chi connectivity index (χ0n) is 33.3. The number of likely N-dealkylation sites (tertiary alicyclic amines) is 1. The van der Waals surface area contributed by atoms with Crippen molar-refractivity contribution in [2.24, 2.45) is 23.0 Å². The number of rotatable bonds is 16. The Morgan fingerprint density at radius 1 is 1.16 bits per heavy atom. The van der Waals surface area contributed by atoms with Crippen LogP contribution in [0.1, 0.15) is 103 Å². The first-order chi connectivity index (χ1) is 26.4. The van der Waals surface area contributed by atoms with Gasteiger partial charge in [-0.2, -0.15) is 0 Å². The van der Waals surface area contributed by atoms with E-state index in [1.165, 1.54) is 0 Å². The van der Waals surface area contributed by atoms with Gasteiger partial charge in [0.25, 0.3) is 5.91 Å². The van der Waals surface area contributed by atoms with Crippen LogP contribution in [0, 0.1) is 17.3 Å². The minimum absolute atomic E-state index is 0.167. The molecule has 2 aromatic rings. The third-order valence-electron chi connectivity index (χ3n) is 11.5. The molecule has 14 nitrogen and oxygen atoms in total. The van der Waals surface area contributed by atoms with Gasteiger partial charge in [0, 0.05) is 29.7 Å². The Labute approximate surface area is 329 Å². The lowest BCUT2D eigenvalue weighted by molar-refractivity contribution is -0.141. The van der Waals surface area contributed by atoms with Crippen molar-refractivity contribution >= 4 is 44.7 Å². The number of fused-ring (bicyclic) bond motifs is 3. The predicted octanol–water partition coefficient (Wildman–Crippen LogP) is 4.85. The molecule has 5 atom stereocenters. The molecule has 6 rings (SSSR count). The third kappa shape index (κ3) is 9.08. The Balaban J connectivity index is 1.26. The largest absolute Gasteiger partial charge is 0.497 e. The number of aromatic nitrogens is 1. The van der Waals surface area contributed by atoms with E-state index in [2.05, 4.69) is 16.6 Å². The first-order valence-corrected chi connectivity index (χ1v) is 21.3. The Morgan fingerprint density at radius 2 is 1.91 bits per heavy atom. The first kappa shape index (κ1) is 41.2. The first-order valence-electron chi connectivity index (χ1n) is 19.8. The Bertz CT molecular complexity index is 1990. The van der Waals surface area contributed by atoms with Crippen LogP contribution in [0.15, 0.2) is 30.9 Å². The topological polar surface area (TPSA) is 196 Å². The zero-order valence-corrected chi connectivity index (χ0v) is 34.1. The minimum Gasteiger partial charge on any atom is -0.497 e. The molecule has 4 aliphatic rings. The summed E-state index contributed by atoms with van der Waals surface area (Å²) in [5.74, 6) is -0.423. The van der Waals surface area contributed by atoms with Crippen molar-refractivity contribution in [1.82, 2.24) is 19.9 Å². The van der Waals surface area contributed by atoms with Crippen LogP contribution in [0.2, 0.25) is 0 Å². The van der Waals surface area contributed by atoms with E-state index in [0.717, 1.165) is 47.8 Å². The van der Waals surface area contributed by atoms with Crippen LogP contribution < -0.4 is 25.2 Å². The fraction of sp³-hybridized carbons (Fsp3) is 0.634. The summed E-state index contributed by atoms with van der Waals surface area (Å²) in [4.78, 5) is 59.6. The van der Waals surface area contributed by atoms with Gasteiger partial charge in [-0.1, -0.05) is 46.6 Å². The number of carbonyl (C=O) groups excluding carboxylic acids is 4. The van der Waals surface area contributed by atoms with Crippen LogP contribution in [0.3, 0.4) is 0 Å². The van der Waals surface area contributed by atoms with Crippen LogP contribution in [-0.2, 0) is 42.0 Å². The van der Waals surface area contributed by atoms with E-state index in [1.54, 1.807) is 18.1 Å². The van der Waals surface area contributed by atoms with Gasteiger partial charge in [-0.15, -0.1) is 6.58 Å². The summed E-state index contributed by atoms with van der Waals surface area (Å²) >= 11 is 0. The van der Waals surface area contributed by atoms with Crippen molar-refractivity contribution in [3.63, 3.8) is 0 Å². The Morgan fingerprint density at radius 3 is 2.55 bits per heavy atom. The van der Waals surface area contributed by atoms with E-state index in [0.29, 0.717) is 43.6 Å². The molecule has 2 saturated carbocycles. The Kier molecular flexibility index (Phi) is 11.7. The predicted molar refractivity (Wildman–Crippen MR) is 210 cm³/mol. The summed E-state index contributed by atoms with van der Waals surface area (Å²) in [5.41, 5.74) is 5.01. The lowest BCUT2D eigenvalue weighted by atomic mass is 9.86. The lowest BCUT2D eigenvalue weighted by Gasteiger charge is -2.37. The number of hydrogen-bond donors (Lipinski definition) is 3. The SMILES string of the molecule is C=CC1CC1(NC(=O)C1CC2(CCc3c(c(CCCCCC(C)COC(N)=O)nc4ccc(OC)cc34)O2)CN1C(=O)CC(C)(C)C)C(=O)NS(=O)(=O)C1CC1. The van der Waals surface area contributed by atoms with Gasteiger partial charge in [0.1, 0.15) is 28.7 Å². The molecule has 306 valence electrons. The molecule has 56 heavy (non-hydrogen) atoms. The van der Waals surface area contributed by atoms with Crippen molar-refractivity contribution in [3.05, 3.63) is 42.1 Å². The van der Waals surface area contributed by atoms with E-state index >= 15 is 0 Å². The van der Waals surface area contributed by atoms with Gasteiger partial charge in [-0.25, -0.2) is 18.2 Å². The van der Waals surface area contributed by atoms with Gasteiger partial charge in [0.05, 0.1) is 36.7 Å². The molecule has 15 heteroatoms. The molecule has 3 fully saturated rings. The number of unbranched alkanes of at least 4 members (excludes halogenated alkanes) is 2. The van der Waals surface area contributed by atoms with Crippen molar-refractivity contribution in [1.29, 1.82) is 0 Å². The monoisotopic (exact) mass is 795 g/mol. The number of pyridine rings is 1. The van der Waals surface area contributed by atoms with Crippen molar-refractivity contribution in [2.45, 2.75) is 127 Å². The lowest BCUT2D eigenvalue weighted by Crippen LogP contribution is -2.56. The molecular formula is C41H57N5O9S. The molecule has 2 aliphatic heterocycles. The molecule has 1 aromatic carbocycles. The zero-order chi connectivity index (χ0) is 40.6. The van der Waals surface area contributed by atoms with Gasteiger partial charge in [0.15, 0.2) is 0 Å². The van der Waals surface area contributed by atoms with Crippen LogP contribution in [0.5, 0.6) is 11.5 Å². The van der Waals surface area contributed by atoms with Crippen molar-refractivity contribution < 1.29 is 41.8 Å². The number of benzene rings is 1. The normalized spacial score (nSPS) is 24.8. The summed E-state index contributed by atoms with van der Waals surface area (Å²) in [5, 5.41) is 3.21. The second kappa shape index (κ2) is 15.9. The maximum absolute atomic E-state index is 14.4. The number of aryl methyl sites for hydroxylation is 2. The fourth-order valence-corrected chi connectivity index (χ4v) is 9.54. The molecule has 4 N–H and O–H groups in total. The highest BCUT2D eigenvalue weighted by atomic mass is 32.2. The third-order valence-corrected chi connectivity index (χ3v) is 13.4. The molecule has 3 heterocycles. The van der Waals surface area contributed by atoms with E-state index in [1.807, 2.05) is 45.9 Å². The standard InChI is InChI=1S/C41H57N5O9S/c1-7-26-20-41(26,37(49)45-56(51,52)28-14-15-28)44-36(48)33-21-40(24-46(33)34(47)22-39(3,4)5)18-17-29-30-19-27(53-6)13-16-31(30)43-32(35(29)55-40)12-10-8-9-11-25(2)23-54-38(42)50/h7,13,16,19,25-26,28,33H,1,8-12,14-15,17-18,20-24H2,2-6H3,(H2,42,50)(H,44,48)(H,45,49). The molecule has 0 radical (unpaired) electrons. The number of nitrogens with one attached hydrogen (secondary N) is 2. The number of nitrogens with zero attached hydrogens (tertiary/aromatic N) is 2. The van der Waals surface area contributed by atoms with Crippen molar-refractivity contribution in [2.75, 3.05) is 20.3 Å². The Hall–Kier alpha value is -4.40. The average molecular weight is 796 g/mol. The molecule has 4 amide bonds. The fourth-order valence-electron chi connectivity index (χ4n) is 8.18. The van der Waals surface area contributed by atoms with Gasteiger partial charge in [-0.05, 0) is 80.9 Å². The number of amides is 4. The molecule has 0 bridgehead atoms. The number of nitrogens with two attached hydrogens (primary N) is 1. The summed E-state index contributed by atoms with van der Waals surface area (Å²) in [6.07, 6.45) is 7.70. The number of ether oxygens (including phenoxy) is 3.